The molecule has 0 aliphatic heterocycles. The van der Waals surface area contributed by atoms with Crippen LogP contribution in [0.5, 0.6) is 0 Å². The van der Waals surface area contributed by atoms with Gasteiger partial charge in [-0.2, -0.15) is 0 Å². The maximum atomic E-state index is 11.9. The van der Waals surface area contributed by atoms with Gasteiger partial charge in [0, 0.05) is 18.1 Å². The van der Waals surface area contributed by atoms with Crippen LogP contribution in [0.15, 0.2) is 17.3 Å². The maximum absolute atomic E-state index is 11.9. The molecule has 0 fully saturated rings. The van der Waals surface area contributed by atoms with Gasteiger partial charge in [0.25, 0.3) is 5.56 Å². The Balaban J connectivity index is 3.03. The number of hydrogen-bond donors (Lipinski definition) is 0. The predicted octanol–water partition coefficient (Wildman–Crippen LogP) is 3.05. The van der Waals surface area contributed by atoms with Crippen molar-refractivity contribution in [3.63, 3.8) is 0 Å². The average Bonchev–Trinajstić information content (AvgIpc) is 2.32. The molecule has 0 spiro atoms. The molecule has 0 N–H and O–H groups in total. The second-order valence-corrected chi connectivity index (χ2v) is 5.74. The molecule has 0 aliphatic carbocycles. The van der Waals surface area contributed by atoms with Crippen LogP contribution in [0.3, 0.4) is 0 Å². The number of aromatic nitrogens is 2. The van der Waals surface area contributed by atoms with E-state index in [4.69, 9.17) is 0 Å². The number of rotatable bonds is 5. The minimum Gasteiger partial charge on any atom is -0.298 e. The number of alkyl halides is 1. The van der Waals surface area contributed by atoms with E-state index >= 15 is 0 Å². The lowest BCUT2D eigenvalue weighted by molar-refractivity contribution is 0.254. The fourth-order valence-corrected chi connectivity index (χ4v) is 3.04. The topological polar surface area (TPSA) is 34.9 Å². The van der Waals surface area contributed by atoms with E-state index < -0.39 is 0 Å². The molecule has 90 valence electrons. The first-order valence-corrected chi connectivity index (χ1v) is 7.54. The molecule has 16 heavy (non-hydrogen) atoms. The van der Waals surface area contributed by atoms with Crippen LogP contribution >= 0.6 is 38.5 Å². The Kier molecular flexibility index (Phi) is 5.43. The summed E-state index contributed by atoms with van der Waals surface area (Å²) >= 11 is 5.59. The Morgan fingerprint density at radius 3 is 2.62 bits per heavy atom. The molecule has 0 radical (unpaired) electrons. The van der Waals surface area contributed by atoms with Gasteiger partial charge in [-0.05, 0) is 40.8 Å². The van der Waals surface area contributed by atoms with Crippen molar-refractivity contribution in [3.05, 3.63) is 26.4 Å². The Labute approximate surface area is 118 Å². The molecular weight excluding hydrogens is 383 g/mol. The van der Waals surface area contributed by atoms with Crippen LogP contribution in [0.25, 0.3) is 0 Å². The fourth-order valence-electron chi connectivity index (χ4n) is 1.60. The smallest absolute Gasteiger partial charge is 0.266 e. The zero-order valence-electron chi connectivity index (χ0n) is 9.54. The van der Waals surface area contributed by atoms with Crippen LogP contribution in [0.2, 0.25) is 0 Å². The van der Waals surface area contributed by atoms with Crippen LogP contribution in [0.1, 0.15) is 26.7 Å². The first-order chi connectivity index (χ1) is 7.58. The van der Waals surface area contributed by atoms with Crippen LogP contribution in [0.4, 0.5) is 0 Å². The minimum absolute atomic E-state index is 0.0582. The summed E-state index contributed by atoms with van der Waals surface area (Å²) in [5.74, 6) is 0. The van der Waals surface area contributed by atoms with E-state index in [-0.39, 0.29) is 11.0 Å². The molecule has 0 saturated carbocycles. The summed E-state index contributed by atoms with van der Waals surface area (Å²) in [7, 11) is 0. The molecule has 0 atom stereocenters. The summed E-state index contributed by atoms with van der Waals surface area (Å²) in [4.78, 5) is 16.0. The third-order valence-electron chi connectivity index (χ3n) is 3.15. The van der Waals surface area contributed by atoms with Crippen molar-refractivity contribution < 1.29 is 0 Å². The lowest BCUT2D eigenvalue weighted by atomic mass is 9.84. The van der Waals surface area contributed by atoms with Gasteiger partial charge in [0.05, 0.1) is 9.90 Å². The van der Waals surface area contributed by atoms with Crippen molar-refractivity contribution in [2.45, 2.75) is 33.2 Å². The van der Waals surface area contributed by atoms with Crippen LogP contribution in [-0.4, -0.2) is 14.9 Å². The third-order valence-corrected chi connectivity index (χ3v) is 5.08. The summed E-state index contributed by atoms with van der Waals surface area (Å²) in [6, 6.07) is 0. The van der Waals surface area contributed by atoms with Gasteiger partial charge in [-0.3, -0.25) is 9.36 Å². The fraction of sp³-hybridized carbons (Fsp3) is 0.636. The van der Waals surface area contributed by atoms with Crippen LogP contribution < -0.4 is 5.56 Å². The molecule has 0 aliphatic rings. The SMILES string of the molecule is CCC(CC)(CBr)Cn1cncc(I)c1=O. The van der Waals surface area contributed by atoms with Gasteiger partial charge in [-0.25, -0.2) is 4.98 Å². The minimum atomic E-state index is 0.0582. The largest absolute Gasteiger partial charge is 0.298 e. The van der Waals surface area contributed by atoms with Gasteiger partial charge in [-0.15, -0.1) is 0 Å². The van der Waals surface area contributed by atoms with Crippen molar-refractivity contribution >= 4 is 38.5 Å². The number of hydrogen-bond acceptors (Lipinski definition) is 2. The van der Waals surface area contributed by atoms with E-state index in [1.165, 1.54) is 0 Å². The molecule has 0 bridgehead atoms. The monoisotopic (exact) mass is 398 g/mol. The molecule has 1 aromatic heterocycles. The van der Waals surface area contributed by atoms with Gasteiger partial charge in [0.15, 0.2) is 0 Å². The van der Waals surface area contributed by atoms with Gasteiger partial charge in [0.1, 0.15) is 0 Å². The molecular formula is C11H16BrIN2O. The predicted molar refractivity (Wildman–Crippen MR) is 78.0 cm³/mol. The molecule has 1 heterocycles. The first kappa shape index (κ1) is 14.2. The highest BCUT2D eigenvalue weighted by Gasteiger charge is 2.25. The van der Waals surface area contributed by atoms with Crippen molar-refractivity contribution in [2.24, 2.45) is 5.41 Å². The third kappa shape index (κ3) is 3.06. The van der Waals surface area contributed by atoms with Gasteiger partial charge in [0.2, 0.25) is 0 Å². The summed E-state index contributed by atoms with van der Waals surface area (Å²) < 4.78 is 2.39. The summed E-state index contributed by atoms with van der Waals surface area (Å²) in [6.07, 6.45) is 5.33. The molecule has 0 saturated heterocycles. The second-order valence-electron chi connectivity index (χ2n) is 4.02. The Hall–Kier alpha value is 0.0900. The van der Waals surface area contributed by atoms with E-state index in [9.17, 15) is 4.79 Å². The van der Waals surface area contributed by atoms with E-state index in [0.29, 0.717) is 3.57 Å². The summed E-state index contributed by atoms with van der Waals surface area (Å²) in [5, 5.41) is 0.908. The molecule has 1 aromatic rings. The van der Waals surface area contributed by atoms with E-state index in [0.717, 1.165) is 24.7 Å². The van der Waals surface area contributed by atoms with Crippen LogP contribution in [-0.2, 0) is 6.54 Å². The van der Waals surface area contributed by atoms with Crippen LogP contribution in [0, 0.1) is 8.99 Å². The van der Waals surface area contributed by atoms with Gasteiger partial charge in [-0.1, -0.05) is 29.8 Å². The van der Waals surface area contributed by atoms with E-state index in [1.54, 1.807) is 17.1 Å². The van der Waals surface area contributed by atoms with Gasteiger partial charge < -0.3 is 0 Å². The summed E-state index contributed by atoms with van der Waals surface area (Å²) in [5.41, 5.74) is 0.207. The highest BCUT2D eigenvalue weighted by molar-refractivity contribution is 14.1. The van der Waals surface area contributed by atoms with Crippen molar-refractivity contribution in [1.82, 2.24) is 9.55 Å². The molecule has 3 nitrogen and oxygen atoms in total. The normalized spacial score (nSPS) is 11.8. The Bertz CT molecular complexity index is 393. The van der Waals surface area contributed by atoms with E-state index in [2.05, 4.69) is 34.8 Å². The Morgan fingerprint density at radius 2 is 2.12 bits per heavy atom. The zero-order valence-corrected chi connectivity index (χ0v) is 13.3. The average molecular weight is 399 g/mol. The lowest BCUT2D eigenvalue weighted by Crippen LogP contribution is -2.33. The molecule has 1 rings (SSSR count). The van der Waals surface area contributed by atoms with Crippen molar-refractivity contribution in [3.8, 4) is 0 Å². The Morgan fingerprint density at radius 1 is 1.50 bits per heavy atom. The standard InChI is InChI=1S/C11H16BrIN2O/c1-3-11(4-2,6-12)7-15-8-14-5-9(13)10(15)16/h5,8H,3-4,6-7H2,1-2H3. The highest BCUT2D eigenvalue weighted by Crippen LogP contribution is 2.30. The van der Waals surface area contributed by atoms with Gasteiger partial charge >= 0.3 is 0 Å². The molecule has 0 unspecified atom stereocenters. The van der Waals surface area contributed by atoms with Crippen molar-refractivity contribution in [2.75, 3.05) is 5.33 Å². The molecule has 0 aromatic carbocycles. The lowest BCUT2D eigenvalue weighted by Gasteiger charge is -2.29. The van der Waals surface area contributed by atoms with Crippen molar-refractivity contribution in [1.29, 1.82) is 0 Å². The number of nitrogens with zero attached hydrogens (tertiary/aromatic N) is 2. The summed E-state index contributed by atoms with van der Waals surface area (Å²) in [6.45, 7) is 5.06. The van der Waals surface area contributed by atoms with E-state index in [1.807, 2.05) is 22.6 Å². The molecule has 0 amide bonds. The highest BCUT2D eigenvalue weighted by atomic mass is 127. The number of halogens is 2. The first-order valence-electron chi connectivity index (χ1n) is 5.34. The zero-order chi connectivity index (χ0) is 12.2. The molecule has 5 heteroatoms. The second kappa shape index (κ2) is 6.14. The maximum Gasteiger partial charge on any atom is 0.266 e. The quantitative estimate of drug-likeness (QED) is 0.564.